The first-order valence-electron chi connectivity index (χ1n) is 8.99. The first-order valence-corrected chi connectivity index (χ1v) is 10.7. The molecule has 2 heterocycles. The zero-order valence-electron chi connectivity index (χ0n) is 16.2. The average Bonchev–Trinajstić information content (AvgIpc) is 3.41. The summed E-state index contributed by atoms with van der Waals surface area (Å²) in [5.41, 5.74) is 2.60. The molecular formula is C20H18N6O2S2. The molecule has 10 heteroatoms. The molecule has 0 spiro atoms. The van der Waals surface area contributed by atoms with Crippen LogP contribution >= 0.6 is 23.1 Å². The molecule has 2 aromatic heterocycles. The molecule has 0 aliphatic carbocycles. The van der Waals surface area contributed by atoms with Gasteiger partial charge in [-0.25, -0.2) is 9.67 Å². The van der Waals surface area contributed by atoms with Crippen LogP contribution < -0.4 is 10.1 Å². The number of ether oxygens (including phenoxy) is 1. The zero-order chi connectivity index (χ0) is 20.9. The van der Waals surface area contributed by atoms with Gasteiger partial charge in [-0.15, -0.1) is 16.4 Å². The van der Waals surface area contributed by atoms with Crippen LogP contribution in [0.3, 0.4) is 0 Å². The van der Waals surface area contributed by atoms with Crippen molar-refractivity contribution in [2.75, 3.05) is 12.4 Å². The lowest BCUT2D eigenvalue weighted by Crippen LogP contribution is -2.19. The number of hydrogen-bond donors (Lipinski definition) is 1. The van der Waals surface area contributed by atoms with Crippen molar-refractivity contribution in [1.82, 2.24) is 25.2 Å². The molecule has 0 aliphatic rings. The van der Waals surface area contributed by atoms with Crippen molar-refractivity contribution < 1.29 is 9.53 Å². The van der Waals surface area contributed by atoms with E-state index < -0.39 is 5.25 Å². The topological polar surface area (TPSA) is 94.8 Å². The molecule has 0 saturated heterocycles. The van der Waals surface area contributed by atoms with Gasteiger partial charge < -0.3 is 10.1 Å². The van der Waals surface area contributed by atoms with Crippen LogP contribution in [0.25, 0.3) is 11.3 Å². The third-order valence-electron chi connectivity index (χ3n) is 4.27. The van der Waals surface area contributed by atoms with Gasteiger partial charge in [0, 0.05) is 18.0 Å². The minimum absolute atomic E-state index is 0.190. The van der Waals surface area contributed by atoms with E-state index in [0.717, 1.165) is 22.6 Å². The Morgan fingerprint density at radius 3 is 2.60 bits per heavy atom. The van der Waals surface area contributed by atoms with Crippen molar-refractivity contribution in [3.8, 4) is 17.0 Å². The normalized spacial score (nSPS) is 11.8. The number of hydrogen-bond acceptors (Lipinski definition) is 8. The number of carbonyl (C=O) groups excluding carboxylic acids is 1. The Labute approximate surface area is 181 Å². The monoisotopic (exact) mass is 438 g/mol. The van der Waals surface area contributed by atoms with Gasteiger partial charge in [0.25, 0.3) is 0 Å². The molecule has 1 atom stereocenters. The Kier molecular flexibility index (Phi) is 6.05. The Balaban J connectivity index is 1.54. The van der Waals surface area contributed by atoms with E-state index in [4.69, 9.17) is 4.74 Å². The Morgan fingerprint density at radius 1 is 1.17 bits per heavy atom. The number of thioether (sulfide) groups is 1. The van der Waals surface area contributed by atoms with Crippen LogP contribution in [0, 0.1) is 0 Å². The minimum Gasteiger partial charge on any atom is -0.497 e. The van der Waals surface area contributed by atoms with E-state index in [1.165, 1.54) is 23.1 Å². The predicted molar refractivity (Wildman–Crippen MR) is 117 cm³/mol. The van der Waals surface area contributed by atoms with E-state index in [-0.39, 0.29) is 5.91 Å². The highest BCUT2D eigenvalue weighted by Crippen LogP contribution is 2.35. The minimum atomic E-state index is -0.524. The molecule has 0 radical (unpaired) electrons. The summed E-state index contributed by atoms with van der Waals surface area (Å²) in [6, 6.07) is 17.2. The quantitative estimate of drug-likeness (QED) is 0.438. The van der Waals surface area contributed by atoms with Crippen molar-refractivity contribution in [3.63, 3.8) is 0 Å². The standard InChI is InChI=1S/C20H18N6O2S2/c1-26-20(23-24-25-26)30-17(14-6-4-3-5-7-14)18(27)22-19-21-16(12-29-19)13-8-10-15(28-2)11-9-13/h3-12,17H,1-2H3,(H,21,22,27). The maximum absolute atomic E-state index is 13.1. The van der Waals surface area contributed by atoms with E-state index in [1.54, 1.807) is 18.8 Å². The van der Waals surface area contributed by atoms with Crippen LogP contribution in [0.2, 0.25) is 0 Å². The van der Waals surface area contributed by atoms with Gasteiger partial charge in [-0.2, -0.15) is 0 Å². The number of rotatable bonds is 7. The molecule has 1 amide bonds. The maximum Gasteiger partial charge on any atom is 0.244 e. The first kappa shape index (κ1) is 20.0. The fourth-order valence-corrected chi connectivity index (χ4v) is 4.39. The summed E-state index contributed by atoms with van der Waals surface area (Å²) in [7, 11) is 3.37. The number of thiazole rings is 1. The second kappa shape index (κ2) is 9.06. The van der Waals surface area contributed by atoms with Gasteiger partial charge in [0.1, 0.15) is 11.0 Å². The average molecular weight is 439 g/mol. The van der Waals surface area contributed by atoms with Gasteiger partial charge >= 0.3 is 0 Å². The number of amides is 1. The number of anilines is 1. The number of nitrogens with one attached hydrogen (secondary N) is 1. The molecule has 0 aliphatic heterocycles. The van der Waals surface area contributed by atoms with Gasteiger partial charge in [-0.05, 0) is 40.3 Å². The summed E-state index contributed by atoms with van der Waals surface area (Å²) >= 11 is 2.66. The highest BCUT2D eigenvalue weighted by Gasteiger charge is 2.25. The molecule has 1 N–H and O–H groups in total. The third-order valence-corrected chi connectivity index (χ3v) is 6.30. The molecule has 0 saturated carbocycles. The fourth-order valence-electron chi connectivity index (χ4n) is 2.72. The van der Waals surface area contributed by atoms with Crippen LogP contribution in [0.5, 0.6) is 5.75 Å². The Bertz CT molecular complexity index is 1130. The van der Waals surface area contributed by atoms with E-state index in [9.17, 15) is 4.79 Å². The fraction of sp³-hybridized carbons (Fsp3) is 0.150. The van der Waals surface area contributed by atoms with Crippen LogP contribution in [-0.2, 0) is 11.8 Å². The smallest absolute Gasteiger partial charge is 0.244 e. The summed E-state index contributed by atoms with van der Waals surface area (Å²) in [5, 5.41) is 16.9. The zero-order valence-corrected chi connectivity index (χ0v) is 17.9. The van der Waals surface area contributed by atoms with Crippen LogP contribution in [0.1, 0.15) is 10.8 Å². The molecule has 4 rings (SSSR count). The Morgan fingerprint density at radius 2 is 1.93 bits per heavy atom. The van der Waals surface area contributed by atoms with Gasteiger partial charge in [-0.3, -0.25) is 4.79 Å². The molecule has 0 fully saturated rings. The molecule has 2 aromatic carbocycles. The van der Waals surface area contributed by atoms with Crippen LogP contribution in [0.4, 0.5) is 5.13 Å². The van der Waals surface area contributed by atoms with E-state index in [1.807, 2.05) is 60.0 Å². The number of nitrogens with zero attached hydrogens (tertiary/aromatic N) is 5. The lowest BCUT2D eigenvalue weighted by Gasteiger charge is -2.15. The van der Waals surface area contributed by atoms with Crippen molar-refractivity contribution >= 4 is 34.1 Å². The molecule has 152 valence electrons. The number of carbonyl (C=O) groups is 1. The van der Waals surface area contributed by atoms with Crippen LogP contribution in [-0.4, -0.2) is 38.2 Å². The molecule has 1 unspecified atom stereocenters. The van der Waals surface area contributed by atoms with Gasteiger partial charge in [0.05, 0.1) is 12.8 Å². The third kappa shape index (κ3) is 4.50. The van der Waals surface area contributed by atoms with Gasteiger partial charge in [0.2, 0.25) is 11.1 Å². The number of aryl methyl sites for hydroxylation is 1. The largest absolute Gasteiger partial charge is 0.497 e. The highest BCUT2D eigenvalue weighted by atomic mass is 32.2. The summed E-state index contributed by atoms with van der Waals surface area (Å²) in [6.07, 6.45) is 0. The lowest BCUT2D eigenvalue weighted by atomic mass is 10.1. The van der Waals surface area contributed by atoms with Crippen molar-refractivity contribution in [3.05, 3.63) is 65.5 Å². The summed E-state index contributed by atoms with van der Waals surface area (Å²) in [4.78, 5) is 17.7. The lowest BCUT2D eigenvalue weighted by molar-refractivity contribution is -0.115. The van der Waals surface area contributed by atoms with Crippen molar-refractivity contribution in [1.29, 1.82) is 0 Å². The van der Waals surface area contributed by atoms with Crippen molar-refractivity contribution in [2.24, 2.45) is 7.05 Å². The first-order chi connectivity index (χ1) is 14.6. The second-order valence-corrected chi connectivity index (χ2v) is 8.18. The summed E-state index contributed by atoms with van der Waals surface area (Å²) in [6.45, 7) is 0. The molecule has 8 nitrogen and oxygen atoms in total. The summed E-state index contributed by atoms with van der Waals surface area (Å²) in [5.74, 6) is 0.591. The van der Waals surface area contributed by atoms with Gasteiger partial charge in [-0.1, -0.05) is 42.1 Å². The molecule has 30 heavy (non-hydrogen) atoms. The number of tetrazole rings is 1. The highest BCUT2D eigenvalue weighted by molar-refractivity contribution is 8.00. The van der Waals surface area contributed by atoms with Crippen molar-refractivity contribution in [2.45, 2.75) is 10.4 Å². The van der Waals surface area contributed by atoms with E-state index in [0.29, 0.717) is 10.3 Å². The summed E-state index contributed by atoms with van der Waals surface area (Å²) < 4.78 is 6.73. The molecular weight excluding hydrogens is 420 g/mol. The number of benzene rings is 2. The number of aromatic nitrogens is 5. The Hall–Kier alpha value is -3.24. The number of methoxy groups -OCH3 is 1. The van der Waals surface area contributed by atoms with Gasteiger partial charge in [0.15, 0.2) is 5.13 Å². The maximum atomic E-state index is 13.1. The van der Waals surface area contributed by atoms with E-state index in [2.05, 4.69) is 25.8 Å². The molecule has 4 aromatic rings. The molecule has 0 bridgehead atoms. The predicted octanol–water partition coefficient (Wildman–Crippen LogP) is 3.81. The van der Waals surface area contributed by atoms with E-state index >= 15 is 0 Å². The van der Waals surface area contributed by atoms with Crippen LogP contribution in [0.15, 0.2) is 65.1 Å². The SMILES string of the molecule is COc1ccc(-c2csc(NC(=O)C(Sc3nnnn3C)c3ccccc3)n2)cc1. The second-order valence-electron chi connectivity index (χ2n) is 6.25.